The lowest BCUT2D eigenvalue weighted by molar-refractivity contribution is 0.0716. The normalized spacial score (nSPS) is 35.8. The number of halogens is 1. The number of hydrogen-bond acceptors (Lipinski definition) is 1. The van der Waals surface area contributed by atoms with Crippen molar-refractivity contribution in [3.05, 3.63) is 28.6 Å². The lowest BCUT2D eigenvalue weighted by Crippen LogP contribution is -2.34. The lowest BCUT2D eigenvalue weighted by Gasteiger charge is -2.39. The van der Waals surface area contributed by atoms with Crippen LogP contribution >= 0.6 is 0 Å². The van der Waals surface area contributed by atoms with E-state index in [0.29, 0.717) is 17.6 Å². The van der Waals surface area contributed by atoms with Crippen LogP contribution in [0.1, 0.15) is 139 Å². The topological polar surface area (TPSA) is 9.23 Å². The number of benzene rings is 1. The van der Waals surface area contributed by atoms with E-state index in [4.69, 9.17) is 4.74 Å². The van der Waals surface area contributed by atoms with Crippen molar-refractivity contribution < 1.29 is 9.13 Å². The quantitative estimate of drug-likeness (QED) is 0.392. The molecule has 4 aliphatic rings. The van der Waals surface area contributed by atoms with Crippen LogP contribution in [0.3, 0.4) is 0 Å². The summed E-state index contributed by atoms with van der Waals surface area (Å²) in [5.41, 5.74) is 3.33. The highest BCUT2D eigenvalue weighted by molar-refractivity contribution is 5.46. The van der Waals surface area contributed by atoms with Gasteiger partial charge in [0.25, 0.3) is 0 Å². The van der Waals surface area contributed by atoms with Gasteiger partial charge in [-0.1, -0.05) is 64.9 Å². The molecule has 1 aromatic rings. The van der Waals surface area contributed by atoms with Crippen LogP contribution in [0.4, 0.5) is 4.39 Å². The molecule has 0 radical (unpaired) electrons. The standard InChI is InChI=1S/C33H51FO/c1-4-6-24-9-13-28(14-10-24)31-20-19-29-21-30(22(3)32(34)33(29)35-31)27-17-15-26(16-18-27)25-11-7-23(5-2)8-12-25/h21,23-28,31H,4-20H2,1-3H3. The molecule has 1 atom stereocenters. The van der Waals surface area contributed by atoms with Crippen molar-refractivity contribution in [2.75, 3.05) is 0 Å². The maximum atomic E-state index is 15.7. The highest BCUT2D eigenvalue weighted by atomic mass is 19.1. The van der Waals surface area contributed by atoms with Crippen LogP contribution in [0.25, 0.3) is 0 Å². The van der Waals surface area contributed by atoms with Gasteiger partial charge < -0.3 is 4.74 Å². The first-order valence-electron chi connectivity index (χ1n) is 15.6. The predicted molar refractivity (Wildman–Crippen MR) is 145 cm³/mol. The number of hydrogen-bond donors (Lipinski definition) is 0. The summed E-state index contributed by atoms with van der Waals surface area (Å²) >= 11 is 0. The molecule has 0 aromatic heterocycles. The first-order valence-corrected chi connectivity index (χ1v) is 15.6. The summed E-state index contributed by atoms with van der Waals surface area (Å²) < 4.78 is 22.2. The molecule has 3 aliphatic carbocycles. The molecule has 5 rings (SSSR count). The van der Waals surface area contributed by atoms with Crippen molar-refractivity contribution >= 4 is 0 Å². The van der Waals surface area contributed by atoms with Crippen LogP contribution in [-0.4, -0.2) is 6.10 Å². The Kier molecular flexibility index (Phi) is 8.45. The van der Waals surface area contributed by atoms with E-state index in [0.717, 1.165) is 47.6 Å². The van der Waals surface area contributed by atoms with E-state index in [1.165, 1.54) is 102 Å². The van der Waals surface area contributed by atoms with Crippen LogP contribution in [-0.2, 0) is 6.42 Å². The summed E-state index contributed by atoms with van der Waals surface area (Å²) in [7, 11) is 0. The Morgan fingerprint density at radius 2 is 1.37 bits per heavy atom. The zero-order valence-electron chi connectivity index (χ0n) is 22.9. The summed E-state index contributed by atoms with van der Waals surface area (Å²) in [6, 6.07) is 2.36. The van der Waals surface area contributed by atoms with Gasteiger partial charge in [0.05, 0.1) is 0 Å². The summed E-state index contributed by atoms with van der Waals surface area (Å²) in [6.45, 7) is 6.68. The van der Waals surface area contributed by atoms with Crippen molar-refractivity contribution in [2.45, 2.75) is 142 Å². The third kappa shape index (κ3) is 5.62. The minimum atomic E-state index is -0.0399. The van der Waals surface area contributed by atoms with Crippen LogP contribution in [0.15, 0.2) is 6.07 Å². The average Bonchev–Trinajstić information content (AvgIpc) is 2.91. The molecule has 0 saturated heterocycles. The maximum absolute atomic E-state index is 15.7. The van der Waals surface area contributed by atoms with E-state index >= 15 is 4.39 Å². The van der Waals surface area contributed by atoms with Gasteiger partial charge in [-0.2, -0.15) is 0 Å². The summed E-state index contributed by atoms with van der Waals surface area (Å²) in [6.07, 6.45) is 22.6. The molecule has 196 valence electrons. The second-order valence-corrected chi connectivity index (χ2v) is 13.0. The number of ether oxygens (including phenoxy) is 1. The van der Waals surface area contributed by atoms with Gasteiger partial charge in [-0.3, -0.25) is 0 Å². The first-order chi connectivity index (χ1) is 17.1. The van der Waals surface area contributed by atoms with Crippen molar-refractivity contribution in [2.24, 2.45) is 29.6 Å². The Morgan fingerprint density at radius 3 is 2.00 bits per heavy atom. The van der Waals surface area contributed by atoms with Crippen LogP contribution < -0.4 is 4.74 Å². The Labute approximate surface area is 215 Å². The zero-order chi connectivity index (χ0) is 24.4. The molecule has 0 N–H and O–H groups in total. The summed E-state index contributed by atoms with van der Waals surface area (Å²) in [5.74, 6) is 5.52. The van der Waals surface area contributed by atoms with Gasteiger partial charge in [-0.15, -0.1) is 0 Å². The lowest BCUT2D eigenvalue weighted by atomic mass is 9.67. The fourth-order valence-electron chi connectivity index (χ4n) is 8.60. The third-order valence-electron chi connectivity index (χ3n) is 11.0. The highest BCUT2D eigenvalue weighted by Crippen LogP contribution is 2.47. The Morgan fingerprint density at radius 1 is 0.771 bits per heavy atom. The first kappa shape index (κ1) is 25.6. The molecule has 1 heterocycles. The smallest absolute Gasteiger partial charge is 0.168 e. The predicted octanol–water partition coefficient (Wildman–Crippen LogP) is 9.92. The Hall–Kier alpha value is -1.05. The van der Waals surface area contributed by atoms with E-state index in [1.54, 1.807) is 0 Å². The minimum Gasteiger partial charge on any atom is -0.487 e. The molecule has 0 spiro atoms. The molecular formula is C33H51FO. The fraction of sp³-hybridized carbons (Fsp3) is 0.818. The van der Waals surface area contributed by atoms with Gasteiger partial charge in [0, 0.05) is 0 Å². The van der Waals surface area contributed by atoms with Crippen LogP contribution in [0, 0.1) is 42.3 Å². The molecule has 1 aromatic carbocycles. The monoisotopic (exact) mass is 482 g/mol. The van der Waals surface area contributed by atoms with E-state index < -0.39 is 0 Å². The van der Waals surface area contributed by atoms with Gasteiger partial charge in [0.1, 0.15) is 6.10 Å². The molecule has 3 saturated carbocycles. The van der Waals surface area contributed by atoms with Crippen molar-refractivity contribution in [1.82, 2.24) is 0 Å². The summed E-state index contributed by atoms with van der Waals surface area (Å²) in [4.78, 5) is 0. The van der Waals surface area contributed by atoms with Crippen LogP contribution in [0.2, 0.25) is 0 Å². The second kappa shape index (κ2) is 11.6. The number of fused-ring (bicyclic) bond motifs is 1. The molecule has 1 nitrogen and oxygen atoms in total. The van der Waals surface area contributed by atoms with Crippen molar-refractivity contribution in [1.29, 1.82) is 0 Å². The molecule has 35 heavy (non-hydrogen) atoms. The molecule has 1 aliphatic heterocycles. The van der Waals surface area contributed by atoms with E-state index in [1.807, 2.05) is 6.92 Å². The SMILES string of the molecule is CCCC1CCC(C2CCc3cc(C4CCC(C5CCC(CC)CC5)CC4)c(C)c(F)c3O2)CC1. The molecular weight excluding hydrogens is 431 g/mol. The van der Waals surface area contributed by atoms with Gasteiger partial charge in [-0.05, 0) is 123 Å². The molecule has 2 heteroatoms. The van der Waals surface area contributed by atoms with Gasteiger partial charge in [0.15, 0.2) is 11.6 Å². The van der Waals surface area contributed by atoms with Crippen molar-refractivity contribution in [3.63, 3.8) is 0 Å². The van der Waals surface area contributed by atoms with Crippen LogP contribution in [0.5, 0.6) is 5.75 Å². The number of rotatable bonds is 6. The van der Waals surface area contributed by atoms with E-state index in [9.17, 15) is 0 Å². The molecule has 3 fully saturated rings. The second-order valence-electron chi connectivity index (χ2n) is 13.0. The number of aryl methyl sites for hydroxylation is 1. The van der Waals surface area contributed by atoms with E-state index in [-0.39, 0.29) is 11.9 Å². The van der Waals surface area contributed by atoms with Crippen molar-refractivity contribution in [3.8, 4) is 5.75 Å². The highest BCUT2D eigenvalue weighted by Gasteiger charge is 2.35. The molecule has 1 unspecified atom stereocenters. The zero-order valence-corrected chi connectivity index (χ0v) is 22.9. The molecule has 0 amide bonds. The fourth-order valence-corrected chi connectivity index (χ4v) is 8.60. The Bertz CT molecular complexity index is 822. The summed E-state index contributed by atoms with van der Waals surface area (Å²) in [5, 5.41) is 0. The van der Waals surface area contributed by atoms with Gasteiger partial charge in [0.2, 0.25) is 0 Å². The molecule has 0 bridgehead atoms. The minimum absolute atomic E-state index is 0.0399. The largest absolute Gasteiger partial charge is 0.487 e. The Balaban J connectivity index is 1.20. The average molecular weight is 483 g/mol. The third-order valence-corrected chi connectivity index (χ3v) is 11.0. The van der Waals surface area contributed by atoms with E-state index in [2.05, 4.69) is 19.9 Å². The van der Waals surface area contributed by atoms with Gasteiger partial charge in [-0.25, -0.2) is 4.39 Å². The maximum Gasteiger partial charge on any atom is 0.168 e. The van der Waals surface area contributed by atoms with Gasteiger partial charge >= 0.3 is 0 Å².